The van der Waals surface area contributed by atoms with Crippen molar-refractivity contribution < 1.29 is 0 Å². The smallest absolute Gasteiger partial charge is 0.267 e. The predicted octanol–water partition coefficient (Wildman–Crippen LogP) is 6.62. The molecule has 5 heteroatoms. The summed E-state index contributed by atoms with van der Waals surface area (Å²) >= 11 is 3.29. The summed E-state index contributed by atoms with van der Waals surface area (Å²) in [7, 11) is 0. The number of benzene rings is 2. The average Bonchev–Trinajstić information content (AvgIpc) is 3.05. The van der Waals surface area contributed by atoms with Crippen LogP contribution in [0.4, 0.5) is 0 Å². The third kappa shape index (κ3) is 3.96. The van der Waals surface area contributed by atoms with Crippen LogP contribution in [0, 0.1) is 20.8 Å². The fourth-order valence-corrected chi connectivity index (χ4v) is 5.88. The van der Waals surface area contributed by atoms with Gasteiger partial charge in [-0.2, -0.15) is 0 Å². The highest BCUT2D eigenvalue weighted by atomic mass is 32.2. The van der Waals surface area contributed by atoms with E-state index in [2.05, 4.69) is 52.0 Å². The van der Waals surface area contributed by atoms with Crippen molar-refractivity contribution in [1.29, 1.82) is 0 Å². The largest absolute Gasteiger partial charge is 0.268 e. The molecule has 0 aliphatic rings. The van der Waals surface area contributed by atoms with E-state index >= 15 is 0 Å². The van der Waals surface area contributed by atoms with Crippen LogP contribution < -0.4 is 5.56 Å². The van der Waals surface area contributed by atoms with E-state index in [1.807, 2.05) is 24.3 Å². The molecule has 2 aromatic heterocycles. The van der Waals surface area contributed by atoms with Gasteiger partial charge in [-0.3, -0.25) is 9.36 Å². The normalized spacial score (nSPS) is 11.3. The molecule has 0 N–H and O–H groups in total. The maximum absolute atomic E-state index is 13.7. The zero-order chi connectivity index (χ0) is 21.3. The van der Waals surface area contributed by atoms with Crippen molar-refractivity contribution in [2.24, 2.45) is 0 Å². The lowest BCUT2D eigenvalue weighted by Gasteiger charge is -2.14. The summed E-state index contributed by atoms with van der Waals surface area (Å²) in [6.07, 6.45) is 2.05. The molecule has 0 saturated carbocycles. The van der Waals surface area contributed by atoms with Gasteiger partial charge >= 0.3 is 0 Å². The number of hydrogen-bond donors (Lipinski definition) is 0. The minimum absolute atomic E-state index is 0.0370. The number of hydrogen-bond acceptors (Lipinski definition) is 4. The average molecular weight is 435 g/mol. The number of rotatable bonds is 6. The first-order valence-corrected chi connectivity index (χ1v) is 12.1. The third-order valence-electron chi connectivity index (χ3n) is 5.47. The van der Waals surface area contributed by atoms with Crippen LogP contribution in [0.2, 0.25) is 0 Å². The van der Waals surface area contributed by atoms with Gasteiger partial charge in [0.2, 0.25) is 0 Å². The summed E-state index contributed by atoms with van der Waals surface area (Å²) in [6, 6.07) is 16.5. The standard InChI is InChI=1S/C25H26N2OS2/c1-5-9-21-18(4)22-23(30-21)26-25(29-15-19-10-7-6-8-11-19)27(24(22)28)20-13-12-16(2)17(3)14-20/h6-8,10-14H,5,9,15H2,1-4H3. The van der Waals surface area contributed by atoms with Gasteiger partial charge in [0.25, 0.3) is 5.56 Å². The minimum atomic E-state index is 0.0370. The molecule has 30 heavy (non-hydrogen) atoms. The molecule has 0 aliphatic carbocycles. The molecule has 0 radical (unpaired) electrons. The molecule has 0 amide bonds. The summed E-state index contributed by atoms with van der Waals surface area (Å²) in [5.74, 6) is 0.774. The molecule has 0 unspecified atom stereocenters. The van der Waals surface area contributed by atoms with E-state index in [0.29, 0.717) is 0 Å². The molecule has 0 spiro atoms. The molecule has 0 saturated heterocycles. The van der Waals surface area contributed by atoms with Crippen molar-refractivity contribution in [3.63, 3.8) is 0 Å². The highest BCUT2D eigenvalue weighted by Gasteiger charge is 2.19. The van der Waals surface area contributed by atoms with E-state index in [1.54, 1.807) is 27.7 Å². The first kappa shape index (κ1) is 20.9. The van der Waals surface area contributed by atoms with Crippen LogP contribution in [-0.4, -0.2) is 9.55 Å². The molecule has 3 nitrogen and oxygen atoms in total. The Morgan fingerprint density at radius 3 is 2.50 bits per heavy atom. The van der Waals surface area contributed by atoms with Gasteiger partial charge in [0.05, 0.1) is 11.1 Å². The Morgan fingerprint density at radius 1 is 1.03 bits per heavy atom. The number of aryl methyl sites for hydroxylation is 4. The van der Waals surface area contributed by atoms with Crippen LogP contribution in [0.5, 0.6) is 0 Å². The second kappa shape index (κ2) is 8.78. The summed E-state index contributed by atoms with van der Waals surface area (Å²) in [4.78, 5) is 20.8. The molecule has 0 atom stereocenters. The van der Waals surface area contributed by atoms with Crippen LogP contribution in [-0.2, 0) is 12.2 Å². The molecule has 0 aliphatic heterocycles. The van der Waals surface area contributed by atoms with Crippen LogP contribution in [0.3, 0.4) is 0 Å². The quantitative estimate of drug-likeness (QED) is 0.253. The molecular formula is C25H26N2OS2. The van der Waals surface area contributed by atoms with Crippen LogP contribution in [0.1, 0.15) is 40.5 Å². The highest BCUT2D eigenvalue weighted by molar-refractivity contribution is 7.98. The maximum atomic E-state index is 13.7. The summed E-state index contributed by atoms with van der Waals surface area (Å²) in [5, 5.41) is 1.52. The molecule has 2 heterocycles. The third-order valence-corrected chi connectivity index (χ3v) is 7.72. The SMILES string of the molecule is CCCc1sc2nc(SCc3ccccc3)n(-c3ccc(C)c(C)c3)c(=O)c2c1C. The highest BCUT2D eigenvalue weighted by Crippen LogP contribution is 2.32. The second-order valence-corrected chi connectivity index (χ2v) is 9.68. The summed E-state index contributed by atoms with van der Waals surface area (Å²) in [5.41, 5.74) is 5.62. The predicted molar refractivity (Wildman–Crippen MR) is 129 cm³/mol. The lowest BCUT2D eigenvalue weighted by Crippen LogP contribution is -2.21. The minimum Gasteiger partial charge on any atom is -0.268 e. The Bertz CT molecular complexity index is 1260. The first-order chi connectivity index (χ1) is 14.5. The zero-order valence-corrected chi connectivity index (χ0v) is 19.5. The van der Waals surface area contributed by atoms with E-state index < -0.39 is 0 Å². The summed E-state index contributed by atoms with van der Waals surface area (Å²) in [6.45, 7) is 8.41. The van der Waals surface area contributed by atoms with Gasteiger partial charge < -0.3 is 0 Å². The van der Waals surface area contributed by atoms with Crippen LogP contribution in [0.15, 0.2) is 58.5 Å². The fraction of sp³-hybridized carbons (Fsp3) is 0.280. The zero-order valence-electron chi connectivity index (χ0n) is 17.9. The van der Waals surface area contributed by atoms with E-state index in [4.69, 9.17) is 4.98 Å². The molecular weight excluding hydrogens is 408 g/mol. The first-order valence-electron chi connectivity index (χ1n) is 10.3. The van der Waals surface area contributed by atoms with Crippen molar-refractivity contribution in [2.75, 3.05) is 0 Å². The molecule has 0 fully saturated rings. The Morgan fingerprint density at radius 2 is 1.80 bits per heavy atom. The van der Waals surface area contributed by atoms with Crippen molar-refractivity contribution in [3.8, 4) is 5.69 Å². The lowest BCUT2D eigenvalue weighted by atomic mass is 10.1. The van der Waals surface area contributed by atoms with E-state index in [0.717, 1.165) is 45.2 Å². The van der Waals surface area contributed by atoms with E-state index in [-0.39, 0.29) is 5.56 Å². The Labute approximate surface area is 185 Å². The molecule has 154 valence electrons. The Hall–Kier alpha value is -2.37. The van der Waals surface area contributed by atoms with Crippen molar-refractivity contribution in [1.82, 2.24) is 9.55 Å². The molecule has 4 rings (SSSR count). The maximum Gasteiger partial charge on any atom is 0.267 e. The topological polar surface area (TPSA) is 34.9 Å². The summed E-state index contributed by atoms with van der Waals surface area (Å²) < 4.78 is 1.80. The number of thioether (sulfide) groups is 1. The van der Waals surface area contributed by atoms with Gasteiger partial charge in [-0.25, -0.2) is 4.98 Å². The van der Waals surface area contributed by atoms with Gasteiger partial charge in [0, 0.05) is 10.6 Å². The number of nitrogens with zero attached hydrogens (tertiary/aromatic N) is 2. The monoisotopic (exact) mass is 434 g/mol. The molecule has 4 aromatic rings. The van der Waals surface area contributed by atoms with Gasteiger partial charge in [-0.1, -0.05) is 61.5 Å². The van der Waals surface area contributed by atoms with Gasteiger partial charge in [-0.05, 0) is 61.6 Å². The van der Waals surface area contributed by atoms with Gasteiger partial charge in [0.15, 0.2) is 5.16 Å². The number of fused-ring (bicyclic) bond motifs is 1. The van der Waals surface area contributed by atoms with Crippen LogP contribution >= 0.6 is 23.1 Å². The molecule has 2 aromatic carbocycles. The Balaban J connectivity index is 1.90. The van der Waals surface area contributed by atoms with Crippen molar-refractivity contribution >= 4 is 33.3 Å². The second-order valence-electron chi connectivity index (χ2n) is 7.66. The molecule has 0 bridgehead atoms. The van der Waals surface area contributed by atoms with Crippen LogP contribution in [0.25, 0.3) is 15.9 Å². The van der Waals surface area contributed by atoms with Gasteiger partial charge in [-0.15, -0.1) is 11.3 Å². The Kier molecular flexibility index (Phi) is 6.11. The fourth-order valence-electron chi connectivity index (χ4n) is 3.59. The number of thiophene rings is 1. The van der Waals surface area contributed by atoms with Crippen molar-refractivity contribution in [3.05, 3.63) is 86.0 Å². The van der Waals surface area contributed by atoms with Crippen molar-refractivity contribution in [2.45, 2.75) is 51.4 Å². The van der Waals surface area contributed by atoms with E-state index in [9.17, 15) is 4.79 Å². The number of aromatic nitrogens is 2. The van der Waals surface area contributed by atoms with E-state index in [1.165, 1.54) is 21.6 Å². The lowest BCUT2D eigenvalue weighted by molar-refractivity contribution is 0.820. The van der Waals surface area contributed by atoms with Gasteiger partial charge in [0.1, 0.15) is 4.83 Å².